The topological polar surface area (TPSA) is 113 Å². The lowest BCUT2D eigenvalue weighted by molar-refractivity contribution is 0.0945. The van der Waals surface area contributed by atoms with Gasteiger partial charge in [0.15, 0.2) is 11.5 Å². The predicted octanol–water partition coefficient (Wildman–Crippen LogP) is 2.88. The third-order valence-corrected chi connectivity index (χ3v) is 4.57. The third-order valence-electron chi connectivity index (χ3n) is 4.57. The number of hydrogen-bond donors (Lipinski definition) is 2. The van der Waals surface area contributed by atoms with Gasteiger partial charge in [0, 0.05) is 30.8 Å². The third kappa shape index (κ3) is 5.21. The van der Waals surface area contributed by atoms with Crippen LogP contribution in [0.15, 0.2) is 70.0 Å². The number of amides is 1. The van der Waals surface area contributed by atoms with Crippen LogP contribution in [0.1, 0.15) is 28.4 Å². The zero-order valence-corrected chi connectivity index (χ0v) is 16.3. The van der Waals surface area contributed by atoms with Crippen LogP contribution < -0.4 is 5.32 Å². The van der Waals surface area contributed by atoms with Gasteiger partial charge in [-0.3, -0.25) is 14.8 Å². The molecule has 4 rings (SSSR count). The van der Waals surface area contributed by atoms with Gasteiger partial charge < -0.3 is 14.4 Å². The Morgan fingerprint density at radius 3 is 2.33 bits per heavy atom. The van der Waals surface area contributed by atoms with Crippen LogP contribution in [0.4, 0.5) is 0 Å². The first-order chi connectivity index (χ1) is 14.8. The van der Waals surface area contributed by atoms with Crippen LogP contribution >= 0.6 is 0 Å². The van der Waals surface area contributed by atoms with Gasteiger partial charge in [0.05, 0.1) is 31.2 Å². The second-order valence-corrected chi connectivity index (χ2v) is 6.81. The van der Waals surface area contributed by atoms with Crippen molar-refractivity contribution in [2.24, 2.45) is 0 Å². The molecule has 9 heteroatoms. The highest BCUT2D eigenvalue weighted by molar-refractivity contribution is 5.93. The molecule has 3 aromatic heterocycles. The quantitative estimate of drug-likeness (QED) is 0.389. The number of carbonyl (C=O) groups excluding carboxylic acids is 1. The minimum absolute atomic E-state index is 0.179. The Morgan fingerprint density at radius 1 is 1.00 bits per heavy atom. The zero-order valence-electron chi connectivity index (χ0n) is 16.3. The van der Waals surface area contributed by atoms with Crippen LogP contribution in [0.5, 0.6) is 0 Å². The molecule has 0 atom stereocenters. The van der Waals surface area contributed by atoms with E-state index in [0.29, 0.717) is 25.3 Å². The number of aromatic amines is 1. The summed E-state index contributed by atoms with van der Waals surface area (Å²) >= 11 is 0. The van der Waals surface area contributed by atoms with Gasteiger partial charge >= 0.3 is 0 Å². The molecule has 0 spiro atoms. The minimum atomic E-state index is -0.179. The standard InChI is InChI=1S/C21H22N6O3/c28-21(20-13-19(25-26-20)16-5-2-1-3-6-16)22-9-4-12-27(14-17-7-10-23-29-17)15-18-8-11-24-30-18/h1-3,5-8,10-11,13H,4,9,12,14-15H2,(H,22,28)(H,25,26). The molecule has 0 fully saturated rings. The van der Waals surface area contributed by atoms with Crippen molar-refractivity contribution in [2.45, 2.75) is 19.5 Å². The molecule has 1 amide bonds. The number of rotatable bonds is 10. The van der Waals surface area contributed by atoms with E-state index in [4.69, 9.17) is 9.05 Å². The molecule has 0 bridgehead atoms. The van der Waals surface area contributed by atoms with Gasteiger partial charge in [-0.15, -0.1) is 0 Å². The molecule has 0 unspecified atom stereocenters. The molecule has 1 aromatic carbocycles. The fraction of sp³-hybridized carbons (Fsp3) is 0.238. The normalized spacial score (nSPS) is 11.1. The maximum absolute atomic E-state index is 12.4. The van der Waals surface area contributed by atoms with Crippen molar-refractivity contribution in [3.8, 4) is 11.3 Å². The lowest BCUT2D eigenvalue weighted by atomic mass is 10.1. The van der Waals surface area contributed by atoms with Crippen molar-refractivity contribution in [1.82, 2.24) is 30.7 Å². The van der Waals surface area contributed by atoms with E-state index in [2.05, 4.69) is 30.7 Å². The summed E-state index contributed by atoms with van der Waals surface area (Å²) in [5, 5.41) is 17.4. The van der Waals surface area contributed by atoms with E-state index in [9.17, 15) is 4.79 Å². The average Bonchev–Trinajstić information content (AvgIpc) is 3.54. The smallest absolute Gasteiger partial charge is 0.269 e. The summed E-state index contributed by atoms with van der Waals surface area (Å²) in [5.41, 5.74) is 2.14. The van der Waals surface area contributed by atoms with E-state index in [-0.39, 0.29) is 5.91 Å². The molecule has 2 N–H and O–H groups in total. The summed E-state index contributed by atoms with van der Waals surface area (Å²) in [5.74, 6) is 1.36. The largest absolute Gasteiger partial charge is 0.360 e. The summed E-state index contributed by atoms with van der Waals surface area (Å²) in [6, 6.07) is 15.1. The summed E-state index contributed by atoms with van der Waals surface area (Å²) in [4.78, 5) is 14.6. The van der Waals surface area contributed by atoms with E-state index in [1.165, 1.54) is 0 Å². The number of nitrogens with zero attached hydrogens (tertiary/aromatic N) is 4. The van der Waals surface area contributed by atoms with Crippen molar-refractivity contribution in [3.05, 3.63) is 78.1 Å². The van der Waals surface area contributed by atoms with Crippen LogP contribution in [-0.4, -0.2) is 44.4 Å². The van der Waals surface area contributed by atoms with E-state index in [0.717, 1.165) is 35.7 Å². The lowest BCUT2D eigenvalue weighted by Gasteiger charge is -2.19. The Labute approximate surface area is 173 Å². The van der Waals surface area contributed by atoms with Gasteiger partial charge in [-0.25, -0.2) is 0 Å². The Hall–Kier alpha value is -3.72. The molecule has 0 aliphatic heterocycles. The van der Waals surface area contributed by atoms with E-state index in [1.54, 1.807) is 18.5 Å². The highest BCUT2D eigenvalue weighted by Gasteiger charge is 2.13. The maximum Gasteiger partial charge on any atom is 0.269 e. The molecular weight excluding hydrogens is 384 g/mol. The predicted molar refractivity (Wildman–Crippen MR) is 108 cm³/mol. The SMILES string of the molecule is O=C(NCCCN(Cc1ccno1)Cc1ccno1)c1cc(-c2ccccc2)n[nH]1. The molecule has 9 nitrogen and oxygen atoms in total. The van der Waals surface area contributed by atoms with Crippen LogP contribution in [0.25, 0.3) is 11.3 Å². The van der Waals surface area contributed by atoms with Crippen LogP contribution in [0.3, 0.4) is 0 Å². The van der Waals surface area contributed by atoms with Crippen LogP contribution in [0, 0.1) is 0 Å². The molecule has 154 valence electrons. The van der Waals surface area contributed by atoms with Gasteiger partial charge in [0.1, 0.15) is 5.69 Å². The number of H-pyrrole nitrogens is 1. The molecule has 0 saturated heterocycles. The number of aromatic nitrogens is 4. The zero-order chi connectivity index (χ0) is 20.6. The molecule has 0 saturated carbocycles. The molecule has 0 radical (unpaired) electrons. The molecule has 30 heavy (non-hydrogen) atoms. The lowest BCUT2D eigenvalue weighted by Crippen LogP contribution is -2.29. The first-order valence-corrected chi connectivity index (χ1v) is 9.68. The number of benzene rings is 1. The Balaban J connectivity index is 1.27. The van der Waals surface area contributed by atoms with Gasteiger partial charge in [0.25, 0.3) is 5.91 Å². The monoisotopic (exact) mass is 406 g/mol. The second kappa shape index (κ2) is 9.66. The molecule has 4 aromatic rings. The number of hydrogen-bond acceptors (Lipinski definition) is 7. The summed E-state index contributed by atoms with van der Waals surface area (Å²) < 4.78 is 10.4. The fourth-order valence-corrected chi connectivity index (χ4v) is 3.10. The Kier molecular flexibility index (Phi) is 6.31. The van der Waals surface area contributed by atoms with Crippen molar-refractivity contribution in [2.75, 3.05) is 13.1 Å². The molecule has 0 aliphatic carbocycles. The highest BCUT2D eigenvalue weighted by Crippen LogP contribution is 2.16. The van der Waals surface area contributed by atoms with E-state index >= 15 is 0 Å². The summed E-state index contributed by atoms with van der Waals surface area (Å²) in [7, 11) is 0. The van der Waals surface area contributed by atoms with Gasteiger partial charge in [-0.05, 0) is 12.5 Å². The average molecular weight is 406 g/mol. The highest BCUT2D eigenvalue weighted by atomic mass is 16.5. The first kappa shape index (κ1) is 19.6. The minimum Gasteiger partial charge on any atom is -0.360 e. The number of nitrogens with one attached hydrogen (secondary N) is 2. The number of carbonyl (C=O) groups is 1. The first-order valence-electron chi connectivity index (χ1n) is 9.68. The van der Waals surface area contributed by atoms with Gasteiger partial charge in [0.2, 0.25) is 0 Å². The van der Waals surface area contributed by atoms with Crippen molar-refractivity contribution < 1.29 is 13.8 Å². The van der Waals surface area contributed by atoms with Gasteiger partial charge in [-0.2, -0.15) is 5.10 Å². The second-order valence-electron chi connectivity index (χ2n) is 6.81. The summed E-state index contributed by atoms with van der Waals surface area (Å²) in [6.45, 7) is 2.45. The fourth-order valence-electron chi connectivity index (χ4n) is 3.10. The van der Waals surface area contributed by atoms with Crippen molar-refractivity contribution >= 4 is 5.91 Å². The van der Waals surface area contributed by atoms with E-state index < -0.39 is 0 Å². The summed E-state index contributed by atoms with van der Waals surface area (Å²) in [6.07, 6.45) is 4.00. The molecular formula is C21H22N6O3. The van der Waals surface area contributed by atoms with Crippen molar-refractivity contribution in [1.29, 1.82) is 0 Å². The molecule has 0 aliphatic rings. The van der Waals surface area contributed by atoms with Crippen LogP contribution in [0.2, 0.25) is 0 Å². The molecule has 3 heterocycles. The van der Waals surface area contributed by atoms with Crippen molar-refractivity contribution in [3.63, 3.8) is 0 Å². The Morgan fingerprint density at radius 2 is 1.70 bits per heavy atom. The van der Waals surface area contributed by atoms with Gasteiger partial charge in [-0.1, -0.05) is 40.6 Å². The van der Waals surface area contributed by atoms with E-state index in [1.807, 2.05) is 42.5 Å². The maximum atomic E-state index is 12.4. The van der Waals surface area contributed by atoms with Crippen LogP contribution in [-0.2, 0) is 13.1 Å². The Bertz CT molecular complexity index is 992.